The Morgan fingerprint density at radius 2 is 1.83 bits per heavy atom. The summed E-state index contributed by atoms with van der Waals surface area (Å²) in [5.74, 6) is 5.06. The van der Waals surface area contributed by atoms with Crippen LogP contribution in [0.3, 0.4) is 0 Å². The smallest absolute Gasteiger partial charge is 0.305 e. The maximum Gasteiger partial charge on any atom is 0.305 e. The highest BCUT2D eigenvalue weighted by Crippen LogP contribution is 2.25. The quantitative estimate of drug-likeness (QED) is 0.396. The highest BCUT2D eigenvalue weighted by atomic mass is 16.4. The molecule has 0 aromatic rings. The van der Waals surface area contributed by atoms with Crippen LogP contribution < -0.4 is 5.84 Å². The van der Waals surface area contributed by atoms with Gasteiger partial charge in [0.15, 0.2) is 0 Å². The third kappa shape index (κ3) is 5.04. The predicted octanol–water partition coefficient (Wildman–Crippen LogP) is 2.01. The third-order valence-corrected chi connectivity index (χ3v) is 3.58. The monoisotopic (exact) mass is 258 g/mol. The van der Waals surface area contributed by atoms with Gasteiger partial charge in [-0.05, 0) is 11.8 Å². The molecule has 0 saturated heterocycles. The third-order valence-electron chi connectivity index (χ3n) is 3.58. The SMILES string of the molecule is CCCC(C)C(C)C(CC(=O)O)N(N)C(=O)CC. The van der Waals surface area contributed by atoms with Crippen LogP contribution in [0.25, 0.3) is 0 Å². The number of carbonyl (C=O) groups excluding carboxylic acids is 1. The first-order valence-electron chi connectivity index (χ1n) is 6.63. The molecular weight excluding hydrogens is 232 g/mol. The Bertz CT molecular complexity index is 281. The van der Waals surface area contributed by atoms with E-state index in [4.69, 9.17) is 10.9 Å². The number of aliphatic carboxylic acids is 1. The van der Waals surface area contributed by atoms with Crippen LogP contribution in [0.15, 0.2) is 0 Å². The number of hydrazine groups is 1. The van der Waals surface area contributed by atoms with Crippen molar-refractivity contribution in [1.82, 2.24) is 5.01 Å². The summed E-state index contributed by atoms with van der Waals surface area (Å²) in [6, 6.07) is -0.434. The summed E-state index contributed by atoms with van der Waals surface area (Å²) >= 11 is 0. The second-order valence-corrected chi connectivity index (χ2v) is 4.94. The van der Waals surface area contributed by atoms with Crippen LogP contribution >= 0.6 is 0 Å². The molecule has 5 nitrogen and oxygen atoms in total. The minimum atomic E-state index is -0.921. The number of rotatable bonds is 8. The molecule has 0 bridgehead atoms. The number of hydrogen-bond donors (Lipinski definition) is 2. The van der Waals surface area contributed by atoms with Crippen molar-refractivity contribution in [3.8, 4) is 0 Å². The molecule has 0 saturated carbocycles. The highest BCUT2D eigenvalue weighted by Gasteiger charge is 2.30. The molecular formula is C13H26N2O3. The number of hydrogen-bond acceptors (Lipinski definition) is 3. The van der Waals surface area contributed by atoms with Crippen molar-refractivity contribution in [3.63, 3.8) is 0 Å². The molecule has 0 aliphatic carbocycles. The van der Waals surface area contributed by atoms with E-state index < -0.39 is 12.0 Å². The molecule has 0 aromatic heterocycles. The summed E-state index contributed by atoms with van der Waals surface area (Å²) in [6.45, 7) is 7.86. The molecule has 3 N–H and O–H groups in total. The summed E-state index contributed by atoms with van der Waals surface area (Å²) in [5.41, 5.74) is 0. The van der Waals surface area contributed by atoms with Crippen molar-refractivity contribution < 1.29 is 14.7 Å². The van der Waals surface area contributed by atoms with Gasteiger partial charge in [0.1, 0.15) is 0 Å². The average molecular weight is 258 g/mol. The standard InChI is InChI=1S/C13H26N2O3/c1-5-7-9(3)10(4)11(8-13(17)18)15(14)12(16)6-2/h9-11H,5-8,14H2,1-4H3,(H,17,18). The molecule has 0 rings (SSSR count). The van der Waals surface area contributed by atoms with Gasteiger partial charge in [0.25, 0.3) is 0 Å². The normalized spacial score (nSPS) is 15.8. The molecule has 3 atom stereocenters. The number of nitrogens with two attached hydrogens (primary N) is 1. The summed E-state index contributed by atoms with van der Waals surface area (Å²) in [4.78, 5) is 22.5. The number of amides is 1. The lowest BCUT2D eigenvalue weighted by Crippen LogP contribution is -2.50. The van der Waals surface area contributed by atoms with Crippen LogP contribution in [0.2, 0.25) is 0 Å². The Hall–Kier alpha value is -1.10. The Balaban J connectivity index is 4.85. The number of nitrogens with zero attached hydrogens (tertiary/aromatic N) is 1. The summed E-state index contributed by atoms with van der Waals surface area (Å²) in [6.07, 6.45) is 2.24. The van der Waals surface area contributed by atoms with Gasteiger partial charge in [0.2, 0.25) is 5.91 Å². The van der Waals surface area contributed by atoms with Crippen molar-refractivity contribution in [2.75, 3.05) is 0 Å². The molecule has 0 aliphatic rings. The fourth-order valence-corrected chi connectivity index (χ4v) is 2.18. The number of carboxylic acids is 1. The molecule has 106 valence electrons. The van der Waals surface area contributed by atoms with Gasteiger partial charge in [-0.3, -0.25) is 14.6 Å². The lowest BCUT2D eigenvalue weighted by atomic mass is 9.84. The molecule has 18 heavy (non-hydrogen) atoms. The van der Waals surface area contributed by atoms with Gasteiger partial charge in [-0.2, -0.15) is 0 Å². The van der Waals surface area contributed by atoms with E-state index in [1.807, 2.05) is 6.92 Å². The maximum absolute atomic E-state index is 11.6. The Morgan fingerprint density at radius 3 is 2.22 bits per heavy atom. The maximum atomic E-state index is 11.6. The fourth-order valence-electron chi connectivity index (χ4n) is 2.18. The highest BCUT2D eigenvalue weighted by molar-refractivity contribution is 5.76. The number of carbonyl (C=O) groups is 2. The van der Waals surface area contributed by atoms with E-state index in [1.54, 1.807) is 6.92 Å². The lowest BCUT2D eigenvalue weighted by molar-refractivity contribution is -0.142. The van der Waals surface area contributed by atoms with Crippen molar-refractivity contribution in [2.24, 2.45) is 17.7 Å². The topological polar surface area (TPSA) is 83.6 Å². The van der Waals surface area contributed by atoms with E-state index in [1.165, 1.54) is 0 Å². The van der Waals surface area contributed by atoms with Crippen molar-refractivity contribution in [1.29, 1.82) is 0 Å². The average Bonchev–Trinajstić information content (AvgIpc) is 2.33. The van der Waals surface area contributed by atoms with Gasteiger partial charge in [-0.25, -0.2) is 5.84 Å². The van der Waals surface area contributed by atoms with Crippen LogP contribution in [-0.2, 0) is 9.59 Å². The zero-order valence-corrected chi connectivity index (χ0v) is 11.8. The van der Waals surface area contributed by atoms with Gasteiger partial charge < -0.3 is 5.11 Å². The van der Waals surface area contributed by atoms with Crippen molar-refractivity contribution in [3.05, 3.63) is 0 Å². The van der Waals surface area contributed by atoms with E-state index >= 15 is 0 Å². The van der Waals surface area contributed by atoms with Crippen molar-refractivity contribution in [2.45, 2.75) is 59.4 Å². The van der Waals surface area contributed by atoms with Crippen LogP contribution in [-0.4, -0.2) is 28.0 Å². The summed E-state index contributed by atoms with van der Waals surface area (Å²) < 4.78 is 0. The largest absolute Gasteiger partial charge is 0.481 e. The van der Waals surface area contributed by atoms with Gasteiger partial charge in [-0.1, -0.05) is 40.5 Å². The second-order valence-electron chi connectivity index (χ2n) is 4.94. The molecule has 0 heterocycles. The second kappa shape index (κ2) is 8.08. The van der Waals surface area contributed by atoms with E-state index in [0.29, 0.717) is 12.3 Å². The van der Waals surface area contributed by atoms with Crippen LogP contribution in [0.5, 0.6) is 0 Å². The molecule has 1 amide bonds. The first kappa shape index (κ1) is 16.9. The van der Waals surface area contributed by atoms with E-state index in [9.17, 15) is 9.59 Å². The van der Waals surface area contributed by atoms with E-state index in [0.717, 1.165) is 17.9 Å². The number of carboxylic acid groups (broad SMARTS) is 1. The summed E-state index contributed by atoms with van der Waals surface area (Å²) in [5, 5.41) is 10.1. The minimum Gasteiger partial charge on any atom is -0.481 e. The molecule has 3 unspecified atom stereocenters. The van der Waals surface area contributed by atoms with Crippen LogP contribution in [0, 0.1) is 11.8 Å². The van der Waals surface area contributed by atoms with Crippen LogP contribution in [0.4, 0.5) is 0 Å². The molecule has 0 radical (unpaired) electrons. The molecule has 0 aliphatic heterocycles. The summed E-state index contributed by atoms with van der Waals surface area (Å²) in [7, 11) is 0. The predicted molar refractivity (Wildman–Crippen MR) is 70.6 cm³/mol. The van der Waals surface area contributed by atoms with Crippen molar-refractivity contribution >= 4 is 11.9 Å². The Labute approximate surface area is 109 Å². The fraction of sp³-hybridized carbons (Fsp3) is 0.846. The molecule has 5 heteroatoms. The zero-order chi connectivity index (χ0) is 14.3. The van der Waals surface area contributed by atoms with Gasteiger partial charge in [0.05, 0.1) is 12.5 Å². The van der Waals surface area contributed by atoms with E-state index in [2.05, 4.69) is 13.8 Å². The Kier molecular flexibility index (Phi) is 7.59. The Morgan fingerprint density at radius 1 is 1.28 bits per heavy atom. The minimum absolute atomic E-state index is 0.0709. The first-order valence-corrected chi connectivity index (χ1v) is 6.63. The van der Waals surface area contributed by atoms with Crippen LogP contribution in [0.1, 0.15) is 53.4 Å². The first-order chi connectivity index (χ1) is 8.34. The van der Waals surface area contributed by atoms with Gasteiger partial charge >= 0.3 is 5.97 Å². The van der Waals surface area contributed by atoms with Gasteiger partial charge in [0, 0.05) is 6.42 Å². The van der Waals surface area contributed by atoms with E-state index in [-0.39, 0.29) is 18.2 Å². The molecule has 0 spiro atoms. The van der Waals surface area contributed by atoms with Gasteiger partial charge in [-0.15, -0.1) is 0 Å². The molecule has 0 fully saturated rings. The lowest BCUT2D eigenvalue weighted by Gasteiger charge is -2.34. The molecule has 0 aromatic carbocycles. The zero-order valence-electron chi connectivity index (χ0n) is 11.8.